The minimum absolute atomic E-state index is 0.915. The van der Waals surface area contributed by atoms with Crippen molar-refractivity contribution >= 4 is 11.6 Å². The summed E-state index contributed by atoms with van der Waals surface area (Å²) < 4.78 is 0. The largest absolute Gasteiger partial charge is 0.373 e. The molecule has 0 unspecified atom stereocenters. The second-order valence-corrected chi connectivity index (χ2v) is 4.26. The molecular formula is C14H15N3. The maximum atomic E-state index is 4.57. The quantitative estimate of drug-likeness (QED) is 0.851. The standard InChI is InChI=1S/C14H15N3/c1-15-13-7-4-8-14(16-13)17-9-11-5-2-3-6-12(11)10-17/h2-8H,9-10H2,1H3,(H,15,16). The maximum Gasteiger partial charge on any atom is 0.131 e. The van der Waals surface area contributed by atoms with E-state index in [4.69, 9.17) is 0 Å². The summed E-state index contributed by atoms with van der Waals surface area (Å²) in [6.07, 6.45) is 0. The van der Waals surface area contributed by atoms with Crippen LogP contribution in [0.25, 0.3) is 0 Å². The average Bonchev–Trinajstić information content (AvgIpc) is 2.82. The number of hydrogen-bond donors (Lipinski definition) is 1. The molecule has 0 saturated carbocycles. The molecule has 0 spiro atoms. The highest BCUT2D eigenvalue weighted by Gasteiger charge is 2.19. The second kappa shape index (κ2) is 4.09. The van der Waals surface area contributed by atoms with Crippen LogP contribution in [0.2, 0.25) is 0 Å². The molecule has 1 aliphatic heterocycles. The van der Waals surface area contributed by atoms with Gasteiger partial charge in [-0.15, -0.1) is 0 Å². The van der Waals surface area contributed by atoms with Crippen LogP contribution in [0.5, 0.6) is 0 Å². The van der Waals surface area contributed by atoms with Crippen LogP contribution in [0.4, 0.5) is 11.6 Å². The monoisotopic (exact) mass is 225 g/mol. The molecule has 0 amide bonds. The summed E-state index contributed by atoms with van der Waals surface area (Å²) in [7, 11) is 1.89. The first-order valence-electron chi connectivity index (χ1n) is 5.83. The molecule has 3 nitrogen and oxygen atoms in total. The Morgan fingerprint density at radius 2 is 1.71 bits per heavy atom. The van der Waals surface area contributed by atoms with Crippen LogP contribution >= 0.6 is 0 Å². The molecule has 3 rings (SSSR count). The summed E-state index contributed by atoms with van der Waals surface area (Å²) in [4.78, 5) is 6.87. The van der Waals surface area contributed by atoms with E-state index in [2.05, 4.69) is 45.5 Å². The van der Waals surface area contributed by atoms with E-state index in [1.54, 1.807) is 0 Å². The average molecular weight is 225 g/mol. The molecule has 1 aliphatic rings. The van der Waals surface area contributed by atoms with Gasteiger partial charge >= 0.3 is 0 Å². The van der Waals surface area contributed by atoms with E-state index < -0.39 is 0 Å². The number of nitrogens with one attached hydrogen (secondary N) is 1. The van der Waals surface area contributed by atoms with Gasteiger partial charge in [0.2, 0.25) is 0 Å². The first-order chi connectivity index (χ1) is 8.36. The molecule has 0 radical (unpaired) electrons. The highest BCUT2D eigenvalue weighted by molar-refractivity contribution is 5.51. The molecule has 1 aromatic heterocycles. The van der Waals surface area contributed by atoms with E-state index in [-0.39, 0.29) is 0 Å². The van der Waals surface area contributed by atoms with Gasteiger partial charge in [-0.05, 0) is 23.3 Å². The Hall–Kier alpha value is -2.03. The Kier molecular flexibility index (Phi) is 2.44. The van der Waals surface area contributed by atoms with Crippen molar-refractivity contribution in [1.29, 1.82) is 0 Å². The van der Waals surface area contributed by atoms with Crippen molar-refractivity contribution in [3.8, 4) is 0 Å². The lowest BCUT2D eigenvalue weighted by molar-refractivity contribution is 0.857. The summed E-state index contributed by atoms with van der Waals surface area (Å²) in [5.74, 6) is 1.95. The lowest BCUT2D eigenvalue weighted by atomic mass is 10.1. The van der Waals surface area contributed by atoms with Crippen LogP contribution in [-0.4, -0.2) is 12.0 Å². The Labute approximate surface area is 101 Å². The zero-order chi connectivity index (χ0) is 11.7. The van der Waals surface area contributed by atoms with Crippen molar-refractivity contribution < 1.29 is 0 Å². The van der Waals surface area contributed by atoms with E-state index in [1.165, 1.54) is 11.1 Å². The summed E-state index contributed by atoms with van der Waals surface area (Å²) in [5.41, 5.74) is 2.81. The number of pyridine rings is 1. The third kappa shape index (κ3) is 1.84. The van der Waals surface area contributed by atoms with Gasteiger partial charge in [-0.1, -0.05) is 30.3 Å². The van der Waals surface area contributed by atoms with Gasteiger partial charge in [-0.3, -0.25) is 0 Å². The van der Waals surface area contributed by atoms with Gasteiger partial charge < -0.3 is 10.2 Å². The van der Waals surface area contributed by atoms with Crippen LogP contribution in [-0.2, 0) is 13.1 Å². The number of rotatable bonds is 2. The van der Waals surface area contributed by atoms with Crippen molar-refractivity contribution in [2.45, 2.75) is 13.1 Å². The molecule has 3 heteroatoms. The Morgan fingerprint density at radius 1 is 1.00 bits per heavy atom. The lowest BCUT2D eigenvalue weighted by Crippen LogP contribution is -2.16. The van der Waals surface area contributed by atoms with Crippen molar-refractivity contribution in [3.05, 3.63) is 53.6 Å². The van der Waals surface area contributed by atoms with Crippen LogP contribution < -0.4 is 10.2 Å². The molecule has 0 bridgehead atoms. The molecular weight excluding hydrogens is 210 g/mol. The molecule has 17 heavy (non-hydrogen) atoms. The normalized spacial score (nSPS) is 13.6. The van der Waals surface area contributed by atoms with Gasteiger partial charge in [-0.25, -0.2) is 4.98 Å². The first-order valence-corrected chi connectivity index (χ1v) is 5.83. The van der Waals surface area contributed by atoms with Crippen molar-refractivity contribution in [1.82, 2.24) is 4.98 Å². The van der Waals surface area contributed by atoms with Gasteiger partial charge in [0.15, 0.2) is 0 Å². The number of benzene rings is 1. The molecule has 0 aliphatic carbocycles. The van der Waals surface area contributed by atoms with Gasteiger partial charge in [0.25, 0.3) is 0 Å². The molecule has 0 atom stereocenters. The predicted molar refractivity (Wildman–Crippen MR) is 70.1 cm³/mol. The molecule has 1 N–H and O–H groups in total. The molecule has 2 aromatic rings. The Morgan fingerprint density at radius 3 is 2.35 bits per heavy atom. The van der Waals surface area contributed by atoms with Crippen molar-refractivity contribution in [2.75, 3.05) is 17.3 Å². The van der Waals surface area contributed by atoms with Crippen LogP contribution in [0.15, 0.2) is 42.5 Å². The summed E-state index contributed by atoms with van der Waals surface area (Å²) >= 11 is 0. The second-order valence-electron chi connectivity index (χ2n) is 4.26. The fourth-order valence-corrected chi connectivity index (χ4v) is 2.23. The number of aromatic nitrogens is 1. The Bertz CT molecular complexity index is 511. The van der Waals surface area contributed by atoms with Gasteiger partial charge in [0, 0.05) is 20.1 Å². The number of nitrogens with zero attached hydrogens (tertiary/aromatic N) is 2. The number of anilines is 2. The minimum Gasteiger partial charge on any atom is -0.373 e. The topological polar surface area (TPSA) is 28.2 Å². The molecule has 0 fully saturated rings. The predicted octanol–water partition coefficient (Wildman–Crippen LogP) is 2.64. The maximum absolute atomic E-state index is 4.57. The van der Waals surface area contributed by atoms with E-state index >= 15 is 0 Å². The van der Waals surface area contributed by atoms with E-state index in [9.17, 15) is 0 Å². The summed E-state index contributed by atoms with van der Waals surface area (Å²) in [5, 5.41) is 3.07. The Balaban J connectivity index is 1.88. The highest BCUT2D eigenvalue weighted by Crippen LogP contribution is 2.27. The number of hydrogen-bond acceptors (Lipinski definition) is 3. The first kappa shape index (κ1) is 10.1. The molecule has 2 heterocycles. The molecule has 1 aromatic carbocycles. The van der Waals surface area contributed by atoms with Crippen LogP contribution in [0.3, 0.4) is 0 Å². The van der Waals surface area contributed by atoms with Gasteiger partial charge in [-0.2, -0.15) is 0 Å². The van der Waals surface area contributed by atoms with Gasteiger partial charge in [0.05, 0.1) is 0 Å². The van der Waals surface area contributed by atoms with E-state index in [1.807, 2.05) is 19.2 Å². The molecule has 86 valence electrons. The third-order valence-electron chi connectivity index (χ3n) is 3.16. The lowest BCUT2D eigenvalue weighted by Gasteiger charge is -2.17. The van der Waals surface area contributed by atoms with E-state index in [0.29, 0.717) is 0 Å². The van der Waals surface area contributed by atoms with Crippen LogP contribution in [0, 0.1) is 0 Å². The van der Waals surface area contributed by atoms with E-state index in [0.717, 1.165) is 24.7 Å². The zero-order valence-electron chi connectivity index (χ0n) is 9.85. The smallest absolute Gasteiger partial charge is 0.131 e. The van der Waals surface area contributed by atoms with Gasteiger partial charge in [0.1, 0.15) is 11.6 Å². The zero-order valence-corrected chi connectivity index (χ0v) is 9.85. The highest BCUT2D eigenvalue weighted by atomic mass is 15.2. The summed E-state index contributed by atoms with van der Waals surface area (Å²) in [6.45, 7) is 1.91. The fraction of sp³-hybridized carbons (Fsp3) is 0.214. The fourth-order valence-electron chi connectivity index (χ4n) is 2.23. The van der Waals surface area contributed by atoms with Crippen LogP contribution in [0.1, 0.15) is 11.1 Å². The SMILES string of the molecule is CNc1cccc(N2Cc3ccccc3C2)n1. The van der Waals surface area contributed by atoms with Crippen molar-refractivity contribution in [2.24, 2.45) is 0 Å². The number of fused-ring (bicyclic) bond motifs is 1. The van der Waals surface area contributed by atoms with Crippen molar-refractivity contribution in [3.63, 3.8) is 0 Å². The molecule has 0 saturated heterocycles. The minimum atomic E-state index is 0.915. The third-order valence-corrected chi connectivity index (χ3v) is 3.16. The summed E-state index contributed by atoms with van der Waals surface area (Å²) in [6, 6.07) is 14.7.